The molecule has 0 radical (unpaired) electrons. The number of benzene rings is 1. The second-order valence-corrected chi connectivity index (χ2v) is 6.49. The van der Waals surface area contributed by atoms with Crippen molar-refractivity contribution in [2.45, 2.75) is 19.3 Å². The first kappa shape index (κ1) is 20.0. The Morgan fingerprint density at radius 1 is 1.11 bits per heavy atom. The van der Waals surface area contributed by atoms with Crippen molar-refractivity contribution < 1.29 is 14.3 Å². The SMILES string of the molecule is COC(=O)c1ccc2c(c1)nc(NCCOCCCCCN)c1ccncc12. The molecule has 7 nitrogen and oxygen atoms in total. The van der Waals surface area contributed by atoms with Crippen molar-refractivity contribution in [3.63, 3.8) is 0 Å². The number of hydrogen-bond donors (Lipinski definition) is 2. The van der Waals surface area contributed by atoms with Crippen molar-refractivity contribution >= 4 is 33.5 Å². The lowest BCUT2D eigenvalue weighted by atomic mass is 10.1. The summed E-state index contributed by atoms with van der Waals surface area (Å²) in [5.74, 6) is 0.367. The third-order valence-corrected chi connectivity index (χ3v) is 4.55. The Hall–Kier alpha value is -2.77. The lowest BCUT2D eigenvalue weighted by molar-refractivity contribution is 0.0601. The van der Waals surface area contributed by atoms with Gasteiger partial charge in [0.2, 0.25) is 0 Å². The van der Waals surface area contributed by atoms with E-state index < -0.39 is 0 Å². The fourth-order valence-corrected chi connectivity index (χ4v) is 3.10. The predicted molar refractivity (Wildman–Crippen MR) is 111 cm³/mol. The molecule has 28 heavy (non-hydrogen) atoms. The van der Waals surface area contributed by atoms with Gasteiger partial charge in [-0.3, -0.25) is 4.98 Å². The molecule has 0 aliphatic heterocycles. The fraction of sp³-hybridized carbons (Fsp3) is 0.381. The van der Waals surface area contributed by atoms with Crippen molar-refractivity contribution in [3.05, 3.63) is 42.2 Å². The number of nitrogens with two attached hydrogens (primary N) is 1. The Morgan fingerprint density at radius 2 is 2.00 bits per heavy atom. The van der Waals surface area contributed by atoms with Gasteiger partial charge in [-0.25, -0.2) is 9.78 Å². The van der Waals surface area contributed by atoms with E-state index in [4.69, 9.17) is 20.2 Å². The monoisotopic (exact) mass is 382 g/mol. The summed E-state index contributed by atoms with van der Waals surface area (Å²) < 4.78 is 10.5. The van der Waals surface area contributed by atoms with Crippen LogP contribution in [0.4, 0.5) is 5.82 Å². The Bertz CT molecular complexity index is 945. The molecule has 0 unspecified atom stereocenters. The van der Waals surface area contributed by atoms with Gasteiger partial charge in [-0.1, -0.05) is 6.07 Å². The minimum absolute atomic E-state index is 0.382. The molecule has 3 aromatic rings. The maximum Gasteiger partial charge on any atom is 0.337 e. The quantitative estimate of drug-likeness (QED) is 0.316. The van der Waals surface area contributed by atoms with Gasteiger partial charge in [0.25, 0.3) is 0 Å². The highest BCUT2D eigenvalue weighted by atomic mass is 16.5. The van der Waals surface area contributed by atoms with E-state index in [0.717, 1.165) is 54.4 Å². The Kier molecular flexibility index (Phi) is 7.11. The summed E-state index contributed by atoms with van der Waals surface area (Å²) >= 11 is 0. The maximum atomic E-state index is 11.8. The van der Waals surface area contributed by atoms with Crippen LogP contribution in [0.25, 0.3) is 21.7 Å². The van der Waals surface area contributed by atoms with Crippen LogP contribution in [0.15, 0.2) is 36.7 Å². The van der Waals surface area contributed by atoms with Crippen molar-refractivity contribution in [2.75, 3.05) is 38.7 Å². The number of rotatable bonds is 10. The molecule has 0 saturated heterocycles. The van der Waals surface area contributed by atoms with Crippen molar-refractivity contribution in [1.82, 2.24) is 9.97 Å². The summed E-state index contributed by atoms with van der Waals surface area (Å²) in [4.78, 5) is 20.8. The zero-order valence-corrected chi connectivity index (χ0v) is 16.1. The van der Waals surface area contributed by atoms with Crippen LogP contribution < -0.4 is 11.1 Å². The minimum atomic E-state index is -0.382. The lowest BCUT2D eigenvalue weighted by Crippen LogP contribution is -2.12. The highest BCUT2D eigenvalue weighted by Crippen LogP contribution is 2.29. The number of unbranched alkanes of at least 4 members (excludes halogenated alkanes) is 2. The van der Waals surface area contributed by atoms with Crippen LogP contribution in [0.2, 0.25) is 0 Å². The molecule has 0 atom stereocenters. The number of esters is 1. The van der Waals surface area contributed by atoms with E-state index in [-0.39, 0.29) is 5.97 Å². The summed E-state index contributed by atoms with van der Waals surface area (Å²) in [5, 5.41) is 6.25. The summed E-state index contributed by atoms with van der Waals surface area (Å²) in [6, 6.07) is 7.31. The van der Waals surface area contributed by atoms with Crippen LogP contribution >= 0.6 is 0 Å². The highest BCUT2D eigenvalue weighted by molar-refractivity contribution is 6.10. The van der Waals surface area contributed by atoms with Crippen LogP contribution in [0, 0.1) is 0 Å². The average Bonchev–Trinajstić information content (AvgIpc) is 2.74. The van der Waals surface area contributed by atoms with Crippen molar-refractivity contribution in [1.29, 1.82) is 0 Å². The number of ether oxygens (including phenoxy) is 2. The molecule has 0 spiro atoms. The second-order valence-electron chi connectivity index (χ2n) is 6.49. The molecule has 1 aromatic carbocycles. The molecular weight excluding hydrogens is 356 g/mol. The number of pyridine rings is 2. The summed E-state index contributed by atoms with van der Waals surface area (Å²) in [6.07, 6.45) is 6.72. The molecule has 0 fully saturated rings. The largest absolute Gasteiger partial charge is 0.465 e. The molecule has 2 heterocycles. The third-order valence-electron chi connectivity index (χ3n) is 4.55. The van der Waals surface area contributed by atoms with Crippen LogP contribution in [0.5, 0.6) is 0 Å². The van der Waals surface area contributed by atoms with E-state index in [1.165, 1.54) is 7.11 Å². The number of nitrogens with one attached hydrogen (secondary N) is 1. The number of anilines is 1. The number of hydrogen-bond acceptors (Lipinski definition) is 7. The Morgan fingerprint density at radius 3 is 2.82 bits per heavy atom. The zero-order valence-electron chi connectivity index (χ0n) is 16.1. The van der Waals surface area contributed by atoms with E-state index in [2.05, 4.69) is 10.3 Å². The third kappa shape index (κ3) is 4.74. The topological polar surface area (TPSA) is 99.4 Å². The number of carbonyl (C=O) groups excluding carboxylic acids is 1. The molecule has 0 aliphatic carbocycles. The van der Waals surface area contributed by atoms with Gasteiger partial charge < -0.3 is 20.5 Å². The van der Waals surface area contributed by atoms with Gasteiger partial charge in [-0.2, -0.15) is 0 Å². The second kappa shape index (κ2) is 9.96. The van der Waals surface area contributed by atoms with E-state index in [0.29, 0.717) is 24.2 Å². The van der Waals surface area contributed by atoms with Gasteiger partial charge in [-0.15, -0.1) is 0 Å². The van der Waals surface area contributed by atoms with Gasteiger partial charge in [0.15, 0.2) is 0 Å². The van der Waals surface area contributed by atoms with E-state index >= 15 is 0 Å². The van der Waals surface area contributed by atoms with Gasteiger partial charge in [0.1, 0.15) is 5.82 Å². The van der Waals surface area contributed by atoms with E-state index in [9.17, 15) is 4.79 Å². The molecule has 3 rings (SSSR count). The van der Waals surface area contributed by atoms with E-state index in [1.54, 1.807) is 18.3 Å². The molecule has 0 aliphatic rings. The predicted octanol–water partition coefficient (Wildman–Crippen LogP) is 3.13. The van der Waals surface area contributed by atoms with Gasteiger partial charge in [0, 0.05) is 41.7 Å². The molecular formula is C21H26N4O3. The normalized spacial score (nSPS) is 11.1. The summed E-state index contributed by atoms with van der Waals surface area (Å²) in [5.41, 5.74) is 6.67. The van der Waals surface area contributed by atoms with E-state index in [1.807, 2.05) is 18.3 Å². The Labute approximate surface area is 164 Å². The standard InChI is InChI=1S/C21H26N4O3/c1-27-21(26)15-5-6-16-18-14-23-9-7-17(18)20(25-19(16)13-15)24-10-12-28-11-4-2-3-8-22/h5-7,9,13-14H,2-4,8,10-12,22H2,1H3,(H,24,25). The van der Waals surface area contributed by atoms with Crippen LogP contribution in [0.3, 0.4) is 0 Å². The van der Waals surface area contributed by atoms with Gasteiger partial charge in [-0.05, 0) is 44.0 Å². The smallest absolute Gasteiger partial charge is 0.337 e. The average molecular weight is 382 g/mol. The van der Waals surface area contributed by atoms with Crippen molar-refractivity contribution in [3.8, 4) is 0 Å². The minimum Gasteiger partial charge on any atom is -0.465 e. The molecule has 2 aromatic heterocycles. The zero-order chi connectivity index (χ0) is 19.8. The molecule has 0 bridgehead atoms. The highest BCUT2D eigenvalue weighted by Gasteiger charge is 2.12. The number of aromatic nitrogens is 2. The molecule has 7 heteroatoms. The summed E-state index contributed by atoms with van der Waals surface area (Å²) in [7, 11) is 1.37. The van der Waals surface area contributed by atoms with Gasteiger partial charge in [0.05, 0.1) is 24.8 Å². The fourth-order valence-electron chi connectivity index (χ4n) is 3.10. The lowest BCUT2D eigenvalue weighted by Gasteiger charge is -2.12. The molecule has 0 saturated carbocycles. The Balaban J connectivity index is 1.75. The number of methoxy groups -OCH3 is 1. The molecule has 148 valence electrons. The number of nitrogens with zero attached hydrogens (tertiary/aromatic N) is 2. The van der Waals surface area contributed by atoms with Crippen LogP contribution in [-0.4, -0.2) is 49.4 Å². The number of carbonyl (C=O) groups is 1. The molecule has 3 N–H and O–H groups in total. The first-order valence-electron chi connectivity index (χ1n) is 9.52. The summed E-state index contributed by atoms with van der Waals surface area (Å²) in [6.45, 7) is 2.70. The van der Waals surface area contributed by atoms with Crippen LogP contribution in [0.1, 0.15) is 29.6 Å². The first-order chi connectivity index (χ1) is 13.7. The molecule has 0 amide bonds. The number of fused-ring (bicyclic) bond motifs is 3. The maximum absolute atomic E-state index is 11.8. The first-order valence-corrected chi connectivity index (χ1v) is 9.52. The van der Waals surface area contributed by atoms with Gasteiger partial charge >= 0.3 is 5.97 Å². The van der Waals surface area contributed by atoms with Crippen molar-refractivity contribution in [2.24, 2.45) is 5.73 Å². The van der Waals surface area contributed by atoms with Crippen LogP contribution in [-0.2, 0) is 9.47 Å².